The van der Waals surface area contributed by atoms with Gasteiger partial charge in [0.05, 0.1) is 5.56 Å². The smallest absolute Gasteiger partial charge is 0.252 e. The molecule has 1 heterocycles. The van der Waals surface area contributed by atoms with Gasteiger partial charge in [-0.05, 0) is 52.4 Å². The van der Waals surface area contributed by atoms with Crippen LogP contribution in [0.2, 0.25) is 0 Å². The van der Waals surface area contributed by atoms with Crippen molar-refractivity contribution < 1.29 is 4.79 Å². The van der Waals surface area contributed by atoms with Gasteiger partial charge in [-0.25, -0.2) is 0 Å². The third kappa shape index (κ3) is 2.42. The van der Waals surface area contributed by atoms with Crippen LogP contribution in [0.15, 0.2) is 22.7 Å². The van der Waals surface area contributed by atoms with Crippen molar-refractivity contribution >= 4 is 34.2 Å². The predicted octanol–water partition coefficient (Wildman–Crippen LogP) is 2.13. The fourth-order valence-corrected chi connectivity index (χ4v) is 3.34. The number of carbonyl (C=O) groups excluding carboxylic acids is 1. The molecule has 2 N–H and O–H groups in total. The maximum Gasteiger partial charge on any atom is 0.252 e. The van der Waals surface area contributed by atoms with Crippen LogP contribution in [0.25, 0.3) is 0 Å². The molecule has 1 aliphatic heterocycles. The minimum absolute atomic E-state index is 0. The number of benzene rings is 1. The largest absolute Gasteiger partial charge is 0.349 e. The Labute approximate surface area is 121 Å². The Morgan fingerprint density at radius 1 is 1.39 bits per heavy atom. The summed E-state index contributed by atoms with van der Waals surface area (Å²) in [5.74, 6) is 1.35. The van der Waals surface area contributed by atoms with Crippen LogP contribution >= 0.6 is 28.3 Å². The lowest BCUT2D eigenvalue weighted by molar-refractivity contribution is 0.0946. The van der Waals surface area contributed by atoms with E-state index in [4.69, 9.17) is 0 Å². The van der Waals surface area contributed by atoms with Gasteiger partial charge in [-0.15, -0.1) is 12.4 Å². The van der Waals surface area contributed by atoms with Gasteiger partial charge in [0.1, 0.15) is 0 Å². The zero-order chi connectivity index (χ0) is 12.0. The van der Waals surface area contributed by atoms with Crippen molar-refractivity contribution in [1.29, 1.82) is 0 Å². The summed E-state index contributed by atoms with van der Waals surface area (Å²) in [5, 5.41) is 6.45. The second-order valence-electron chi connectivity index (χ2n) is 4.97. The van der Waals surface area contributed by atoms with Crippen LogP contribution in [-0.4, -0.2) is 25.0 Å². The van der Waals surface area contributed by atoms with E-state index in [1.165, 1.54) is 0 Å². The first-order valence-corrected chi connectivity index (χ1v) is 6.74. The van der Waals surface area contributed by atoms with Crippen molar-refractivity contribution in [2.45, 2.75) is 13.0 Å². The molecule has 1 amide bonds. The number of aryl methyl sites for hydroxylation is 1. The molecular weight excluding hydrogens is 316 g/mol. The summed E-state index contributed by atoms with van der Waals surface area (Å²) >= 11 is 3.45. The Morgan fingerprint density at radius 2 is 2.06 bits per heavy atom. The van der Waals surface area contributed by atoms with Crippen LogP contribution < -0.4 is 10.6 Å². The highest BCUT2D eigenvalue weighted by Crippen LogP contribution is 2.41. The number of piperidine rings is 1. The normalized spacial score (nSPS) is 28.2. The number of amides is 1. The van der Waals surface area contributed by atoms with Crippen LogP contribution in [0.4, 0.5) is 0 Å². The number of rotatable bonds is 2. The second kappa shape index (κ2) is 5.19. The SMILES string of the molecule is Cc1ccc(C(=O)NC2C3CNCC32)c(Br)c1.Cl. The zero-order valence-electron chi connectivity index (χ0n) is 10.1. The molecule has 0 radical (unpaired) electrons. The van der Waals surface area contributed by atoms with Crippen LogP contribution in [-0.2, 0) is 0 Å². The van der Waals surface area contributed by atoms with E-state index in [2.05, 4.69) is 26.6 Å². The van der Waals surface area contributed by atoms with Crippen molar-refractivity contribution in [3.63, 3.8) is 0 Å². The van der Waals surface area contributed by atoms with Crippen LogP contribution in [0.3, 0.4) is 0 Å². The van der Waals surface area contributed by atoms with E-state index in [0.29, 0.717) is 17.9 Å². The summed E-state index contributed by atoms with van der Waals surface area (Å²) in [7, 11) is 0. The molecule has 5 heteroatoms. The summed E-state index contributed by atoms with van der Waals surface area (Å²) in [6, 6.07) is 6.21. The summed E-state index contributed by atoms with van der Waals surface area (Å²) in [6.45, 7) is 4.11. The van der Waals surface area contributed by atoms with E-state index in [1.54, 1.807) is 0 Å². The average molecular weight is 332 g/mol. The minimum Gasteiger partial charge on any atom is -0.349 e. The molecule has 1 aliphatic carbocycles. The molecule has 18 heavy (non-hydrogen) atoms. The van der Waals surface area contributed by atoms with E-state index in [1.807, 2.05) is 25.1 Å². The fraction of sp³-hybridized carbons (Fsp3) is 0.462. The van der Waals surface area contributed by atoms with Gasteiger partial charge in [-0.3, -0.25) is 4.79 Å². The minimum atomic E-state index is 0. The summed E-state index contributed by atoms with van der Waals surface area (Å²) in [4.78, 5) is 12.1. The second-order valence-corrected chi connectivity index (χ2v) is 5.82. The monoisotopic (exact) mass is 330 g/mol. The van der Waals surface area contributed by atoms with E-state index in [0.717, 1.165) is 28.7 Å². The third-order valence-electron chi connectivity index (χ3n) is 3.76. The number of nitrogens with one attached hydrogen (secondary N) is 2. The third-order valence-corrected chi connectivity index (χ3v) is 4.41. The van der Waals surface area contributed by atoms with Crippen molar-refractivity contribution in [1.82, 2.24) is 10.6 Å². The van der Waals surface area contributed by atoms with Gasteiger partial charge in [0.15, 0.2) is 0 Å². The lowest BCUT2D eigenvalue weighted by Gasteiger charge is -2.09. The molecule has 1 saturated heterocycles. The van der Waals surface area contributed by atoms with Gasteiger partial charge < -0.3 is 10.6 Å². The highest BCUT2D eigenvalue weighted by molar-refractivity contribution is 9.10. The van der Waals surface area contributed by atoms with Gasteiger partial charge in [-0.1, -0.05) is 6.07 Å². The van der Waals surface area contributed by atoms with Crippen LogP contribution in [0, 0.1) is 18.8 Å². The fourth-order valence-electron chi connectivity index (χ4n) is 2.67. The first-order chi connectivity index (χ1) is 8.16. The molecule has 3 rings (SSSR count). The number of fused-ring (bicyclic) bond motifs is 1. The maximum absolute atomic E-state index is 12.1. The molecule has 98 valence electrons. The molecule has 0 aromatic heterocycles. The molecule has 2 fully saturated rings. The Kier molecular flexibility index (Phi) is 3.99. The molecule has 0 spiro atoms. The van der Waals surface area contributed by atoms with Crippen LogP contribution in [0.5, 0.6) is 0 Å². The standard InChI is InChI=1S/C13H15BrN2O.ClH/c1-7-2-3-8(11(14)4-7)13(17)16-12-9-5-15-6-10(9)12;/h2-4,9-10,12,15H,5-6H2,1H3,(H,16,17);1H. The molecule has 1 aromatic rings. The van der Waals surface area contributed by atoms with E-state index in [9.17, 15) is 4.79 Å². The molecule has 0 bridgehead atoms. The number of halogens is 2. The Balaban J connectivity index is 0.00000120. The molecule has 2 aliphatic rings. The van der Waals surface area contributed by atoms with Crippen molar-refractivity contribution in [2.75, 3.05) is 13.1 Å². The van der Waals surface area contributed by atoms with Gasteiger partial charge in [-0.2, -0.15) is 0 Å². The number of carbonyl (C=O) groups is 1. The Bertz CT molecular complexity index is 470. The van der Waals surface area contributed by atoms with Crippen molar-refractivity contribution in [2.24, 2.45) is 11.8 Å². The molecule has 1 aromatic carbocycles. The lowest BCUT2D eigenvalue weighted by atomic mass is 10.1. The van der Waals surface area contributed by atoms with Gasteiger partial charge in [0.2, 0.25) is 0 Å². The number of hydrogen-bond donors (Lipinski definition) is 2. The summed E-state index contributed by atoms with van der Waals surface area (Å²) < 4.78 is 0.874. The number of hydrogen-bond acceptors (Lipinski definition) is 2. The molecule has 3 nitrogen and oxygen atoms in total. The Hall–Kier alpha value is -0.580. The first-order valence-electron chi connectivity index (χ1n) is 5.94. The van der Waals surface area contributed by atoms with Crippen molar-refractivity contribution in [3.8, 4) is 0 Å². The molecule has 2 unspecified atom stereocenters. The summed E-state index contributed by atoms with van der Waals surface area (Å²) in [6.07, 6.45) is 0. The summed E-state index contributed by atoms with van der Waals surface area (Å²) in [5.41, 5.74) is 1.88. The maximum atomic E-state index is 12.1. The lowest BCUT2D eigenvalue weighted by Crippen LogP contribution is -2.32. The van der Waals surface area contributed by atoms with Gasteiger partial charge >= 0.3 is 0 Å². The van der Waals surface area contributed by atoms with Gasteiger partial charge in [0, 0.05) is 23.6 Å². The predicted molar refractivity (Wildman–Crippen MR) is 77.2 cm³/mol. The Morgan fingerprint density at radius 3 is 2.67 bits per heavy atom. The highest BCUT2D eigenvalue weighted by Gasteiger charge is 2.53. The molecule has 1 saturated carbocycles. The van der Waals surface area contributed by atoms with E-state index >= 15 is 0 Å². The van der Waals surface area contributed by atoms with Gasteiger partial charge in [0.25, 0.3) is 5.91 Å². The van der Waals surface area contributed by atoms with Crippen molar-refractivity contribution in [3.05, 3.63) is 33.8 Å². The molecule has 2 atom stereocenters. The molecular formula is C13H16BrClN2O. The highest BCUT2D eigenvalue weighted by atomic mass is 79.9. The quantitative estimate of drug-likeness (QED) is 0.871. The van der Waals surface area contributed by atoms with E-state index < -0.39 is 0 Å². The first kappa shape index (κ1) is 13.8. The van der Waals surface area contributed by atoms with Crippen LogP contribution in [0.1, 0.15) is 15.9 Å². The zero-order valence-corrected chi connectivity index (χ0v) is 12.5. The topological polar surface area (TPSA) is 41.1 Å². The average Bonchev–Trinajstić information content (AvgIpc) is 2.74. The van der Waals surface area contributed by atoms with E-state index in [-0.39, 0.29) is 18.3 Å².